The molecule has 0 aromatic heterocycles. The highest BCUT2D eigenvalue weighted by molar-refractivity contribution is 5.78. The van der Waals surface area contributed by atoms with Crippen molar-refractivity contribution in [3.05, 3.63) is 30.1 Å². The third-order valence-electron chi connectivity index (χ3n) is 2.72. The molecule has 4 nitrogen and oxygen atoms in total. The van der Waals surface area contributed by atoms with E-state index >= 15 is 0 Å². The molecule has 0 fully saturated rings. The average Bonchev–Trinajstić information content (AvgIpc) is 2.37. The van der Waals surface area contributed by atoms with Gasteiger partial charge in [-0.3, -0.25) is 4.79 Å². The van der Waals surface area contributed by atoms with Crippen LogP contribution in [0.5, 0.6) is 5.75 Å². The molecule has 1 rings (SSSR count). The number of para-hydroxylation sites is 1. The van der Waals surface area contributed by atoms with E-state index in [1.807, 2.05) is 20.8 Å². The Morgan fingerprint density at radius 3 is 2.60 bits per heavy atom. The van der Waals surface area contributed by atoms with E-state index in [9.17, 15) is 9.18 Å². The molecule has 112 valence electrons. The van der Waals surface area contributed by atoms with Crippen LogP contribution in [0.4, 0.5) is 4.39 Å². The zero-order valence-electron chi connectivity index (χ0n) is 12.6. The molecule has 0 saturated carbocycles. The number of amides is 1. The number of likely N-dealkylation sites (N-methyl/N-ethyl adjacent to an activating group) is 1. The van der Waals surface area contributed by atoms with E-state index in [0.29, 0.717) is 6.54 Å². The molecule has 0 heterocycles. The highest BCUT2D eigenvalue weighted by Gasteiger charge is 2.14. The molecule has 20 heavy (non-hydrogen) atoms. The summed E-state index contributed by atoms with van der Waals surface area (Å²) in [4.78, 5) is 13.4. The number of nitrogens with zero attached hydrogens (tertiary/aromatic N) is 1. The number of hydrogen-bond donors (Lipinski definition) is 1. The fourth-order valence-electron chi connectivity index (χ4n) is 1.45. The van der Waals surface area contributed by atoms with Crippen molar-refractivity contribution in [1.82, 2.24) is 10.2 Å². The molecule has 0 radical (unpaired) electrons. The molecule has 0 aliphatic rings. The van der Waals surface area contributed by atoms with Gasteiger partial charge in [0.15, 0.2) is 11.6 Å². The van der Waals surface area contributed by atoms with Crippen molar-refractivity contribution in [3.8, 4) is 5.75 Å². The second-order valence-corrected chi connectivity index (χ2v) is 5.70. The summed E-state index contributed by atoms with van der Waals surface area (Å²) in [5.74, 6) is -0.200. The van der Waals surface area contributed by atoms with E-state index in [2.05, 4.69) is 5.32 Å². The van der Waals surface area contributed by atoms with Gasteiger partial charge in [0.25, 0.3) is 0 Å². The van der Waals surface area contributed by atoms with E-state index in [1.165, 1.54) is 6.07 Å². The van der Waals surface area contributed by atoms with E-state index < -0.39 is 5.82 Å². The zero-order chi connectivity index (χ0) is 15.2. The summed E-state index contributed by atoms with van der Waals surface area (Å²) >= 11 is 0. The zero-order valence-corrected chi connectivity index (χ0v) is 12.6. The minimum Gasteiger partial charge on any atom is -0.489 e. The smallest absolute Gasteiger partial charge is 0.236 e. The molecule has 0 spiro atoms. The van der Waals surface area contributed by atoms with E-state index in [0.717, 1.165) is 0 Å². The normalized spacial score (nSPS) is 11.2. The van der Waals surface area contributed by atoms with Gasteiger partial charge >= 0.3 is 0 Å². The Bertz CT molecular complexity index is 444. The summed E-state index contributed by atoms with van der Waals surface area (Å²) in [7, 11) is 1.71. The van der Waals surface area contributed by atoms with Gasteiger partial charge in [-0.05, 0) is 32.9 Å². The maximum absolute atomic E-state index is 13.3. The number of carbonyl (C=O) groups excluding carboxylic acids is 1. The van der Waals surface area contributed by atoms with Gasteiger partial charge < -0.3 is 15.0 Å². The summed E-state index contributed by atoms with van der Waals surface area (Å²) in [6, 6.07) is 6.23. The van der Waals surface area contributed by atoms with Crippen molar-refractivity contribution in [2.45, 2.75) is 26.3 Å². The third-order valence-corrected chi connectivity index (χ3v) is 2.72. The molecule has 0 aliphatic heterocycles. The van der Waals surface area contributed by atoms with Crippen LogP contribution in [0.2, 0.25) is 0 Å². The summed E-state index contributed by atoms with van der Waals surface area (Å²) in [6.07, 6.45) is 0. The van der Waals surface area contributed by atoms with Crippen LogP contribution in [0.15, 0.2) is 24.3 Å². The molecular formula is C15H23FN2O2. The van der Waals surface area contributed by atoms with Gasteiger partial charge in [-0.15, -0.1) is 0 Å². The first-order valence-corrected chi connectivity index (χ1v) is 6.66. The molecule has 0 saturated heterocycles. The Balaban J connectivity index is 2.31. The number of halogens is 1. The van der Waals surface area contributed by atoms with Crippen molar-refractivity contribution in [2.24, 2.45) is 0 Å². The minimum absolute atomic E-state index is 0.0166. The quantitative estimate of drug-likeness (QED) is 0.868. The fourth-order valence-corrected chi connectivity index (χ4v) is 1.45. The van der Waals surface area contributed by atoms with Crippen molar-refractivity contribution >= 4 is 5.91 Å². The number of carbonyl (C=O) groups is 1. The van der Waals surface area contributed by atoms with Crippen LogP contribution in [0.1, 0.15) is 20.8 Å². The highest BCUT2D eigenvalue weighted by Crippen LogP contribution is 2.14. The van der Waals surface area contributed by atoms with E-state index in [1.54, 1.807) is 30.1 Å². The molecule has 0 bridgehead atoms. The van der Waals surface area contributed by atoms with E-state index in [-0.39, 0.29) is 30.3 Å². The van der Waals surface area contributed by atoms with Crippen LogP contribution in [0.3, 0.4) is 0 Å². The summed E-state index contributed by atoms with van der Waals surface area (Å²) < 4.78 is 18.6. The summed E-state index contributed by atoms with van der Waals surface area (Å²) in [5.41, 5.74) is -0.0971. The molecule has 1 aromatic rings. The molecule has 5 heteroatoms. The predicted molar refractivity (Wildman–Crippen MR) is 77.3 cm³/mol. The second-order valence-electron chi connectivity index (χ2n) is 5.70. The van der Waals surface area contributed by atoms with Crippen LogP contribution >= 0.6 is 0 Å². The highest BCUT2D eigenvalue weighted by atomic mass is 19.1. The molecule has 1 amide bonds. The lowest BCUT2D eigenvalue weighted by Gasteiger charge is -2.23. The van der Waals surface area contributed by atoms with Crippen LogP contribution in [0.25, 0.3) is 0 Å². The Morgan fingerprint density at radius 1 is 1.35 bits per heavy atom. The SMILES string of the molecule is CN(CCOc1ccccc1F)C(=O)CNC(C)(C)C. The van der Waals surface area contributed by atoms with Crippen molar-refractivity contribution < 1.29 is 13.9 Å². The van der Waals surface area contributed by atoms with Crippen molar-refractivity contribution in [3.63, 3.8) is 0 Å². The number of benzene rings is 1. The van der Waals surface area contributed by atoms with Crippen molar-refractivity contribution in [1.29, 1.82) is 0 Å². The van der Waals surface area contributed by atoms with Gasteiger partial charge in [-0.2, -0.15) is 0 Å². The molecule has 0 atom stereocenters. The van der Waals surface area contributed by atoms with Crippen LogP contribution in [-0.4, -0.2) is 43.1 Å². The maximum atomic E-state index is 13.3. The van der Waals surface area contributed by atoms with E-state index in [4.69, 9.17) is 4.74 Å². The molecule has 1 aromatic carbocycles. The van der Waals surface area contributed by atoms with Crippen LogP contribution < -0.4 is 10.1 Å². The average molecular weight is 282 g/mol. The Morgan fingerprint density at radius 2 is 2.00 bits per heavy atom. The molecular weight excluding hydrogens is 259 g/mol. The largest absolute Gasteiger partial charge is 0.489 e. The van der Waals surface area contributed by atoms with Gasteiger partial charge in [0, 0.05) is 12.6 Å². The lowest BCUT2D eigenvalue weighted by molar-refractivity contribution is -0.129. The minimum atomic E-state index is -0.393. The molecule has 0 aliphatic carbocycles. The van der Waals surface area contributed by atoms with Gasteiger partial charge in [-0.1, -0.05) is 12.1 Å². The van der Waals surface area contributed by atoms with Gasteiger partial charge in [0.2, 0.25) is 5.91 Å². The monoisotopic (exact) mass is 282 g/mol. The Hall–Kier alpha value is -1.62. The lowest BCUT2D eigenvalue weighted by atomic mass is 10.1. The molecule has 0 unspecified atom stereocenters. The molecule has 1 N–H and O–H groups in total. The Kier molecular flexibility index (Phi) is 5.95. The fraction of sp³-hybridized carbons (Fsp3) is 0.533. The standard InChI is InChI=1S/C15H23FN2O2/c1-15(2,3)17-11-14(19)18(4)9-10-20-13-8-6-5-7-12(13)16/h5-8,17H,9-11H2,1-4H3. The van der Waals surface area contributed by atoms with Gasteiger partial charge in [0.1, 0.15) is 6.61 Å². The summed E-state index contributed by atoms with van der Waals surface area (Å²) in [6.45, 7) is 6.96. The lowest BCUT2D eigenvalue weighted by Crippen LogP contribution is -2.44. The first kappa shape index (κ1) is 16.4. The first-order valence-electron chi connectivity index (χ1n) is 6.66. The number of nitrogens with one attached hydrogen (secondary N) is 1. The second kappa shape index (κ2) is 7.24. The number of rotatable bonds is 6. The summed E-state index contributed by atoms with van der Waals surface area (Å²) in [5, 5.41) is 3.13. The van der Waals surface area contributed by atoms with Crippen molar-refractivity contribution in [2.75, 3.05) is 26.7 Å². The van der Waals surface area contributed by atoms with Gasteiger partial charge in [-0.25, -0.2) is 4.39 Å². The number of hydrogen-bond acceptors (Lipinski definition) is 3. The predicted octanol–water partition coefficient (Wildman–Crippen LogP) is 2.05. The maximum Gasteiger partial charge on any atom is 0.236 e. The number of ether oxygens (including phenoxy) is 1. The van der Waals surface area contributed by atoms with Crippen LogP contribution in [-0.2, 0) is 4.79 Å². The topological polar surface area (TPSA) is 41.6 Å². The van der Waals surface area contributed by atoms with Crippen LogP contribution in [0, 0.1) is 5.82 Å². The Labute approximate surface area is 119 Å². The van der Waals surface area contributed by atoms with Gasteiger partial charge in [0.05, 0.1) is 13.1 Å². The first-order chi connectivity index (χ1) is 9.29. The third kappa shape index (κ3) is 6.02.